The van der Waals surface area contributed by atoms with Crippen LogP contribution in [0, 0.1) is 5.21 Å². The third-order valence-electron chi connectivity index (χ3n) is 1.89. The molecule has 82 valence electrons. The van der Waals surface area contributed by atoms with Gasteiger partial charge in [-0.2, -0.15) is 0 Å². The van der Waals surface area contributed by atoms with Crippen LogP contribution in [-0.4, -0.2) is 9.97 Å². The van der Waals surface area contributed by atoms with Gasteiger partial charge in [-0.15, -0.1) is 0 Å². The lowest BCUT2D eigenvalue weighted by Gasteiger charge is -2.14. The highest BCUT2D eigenvalue weighted by Crippen LogP contribution is 2.21. The number of anilines is 3. The molecule has 2 heterocycles. The molecule has 0 amide bonds. The summed E-state index contributed by atoms with van der Waals surface area (Å²) in [6, 6.07) is 6.87. The van der Waals surface area contributed by atoms with Crippen molar-refractivity contribution in [3.63, 3.8) is 0 Å². The summed E-state index contributed by atoms with van der Waals surface area (Å²) in [6.45, 7) is 0. The van der Waals surface area contributed by atoms with E-state index in [9.17, 15) is 5.21 Å². The molecule has 0 bridgehead atoms. The zero-order valence-corrected chi connectivity index (χ0v) is 8.90. The van der Waals surface area contributed by atoms with Gasteiger partial charge in [0.05, 0.1) is 10.7 Å². The molecule has 0 saturated heterocycles. The number of aromatic nitrogens is 2. The highest BCUT2D eigenvalue weighted by atomic mass is 35.5. The van der Waals surface area contributed by atoms with Crippen molar-refractivity contribution >= 4 is 28.9 Å². The first kappa shape index (κ1) is 10.7. The second-order valence-corrected chi connectivity index (χ2v) is 3.42. The fourth-order valence-electron chi connectivity index (χ4n) is 1.18. The molecule has 0 fully saturated rings. The number of hydrogen-bond acceptors (Lipinski definition) is 5. The van der Waals surface area contributed by atoms with Gasteiger partial charge in [-0.1, -0.05) is 11.6 Å². The molecule has 0 aliphatic heterocycles. The van der Waals surface area contributed by atoms with Gasteiger partial charge in [-0.3, -0.25) is 0 Å². The molecule has 5 nitrogen and oxygen atoms in total. The van der Waals surface area contributed by atoms with Gasteiger partial charge in [0.2, 0.25) is 0 Å². The zero-order chi connectivity index (χ0) is 11.4. The lowest BCUT2D eigenvalue weighted by atomic mass is 10.3. The maximum Gasteiger partial charge on any atom is 0.139 e. The maximum absolute atomic E-state index is 10.6. The van der Waals surface area contributed by atoms with Crippen LogP contribution in [0.3, 0.4) is 0 Å². The smallest absolute Gasteiger partial charge is 0.139 e. The molecule has 2 N–H and O–H groups in total. The molecule has 0 aliphatic rings. The van der Waals surface area contributed by atoms with E-state index >= 15 is 0 Å². The third-order valence-corrected chi connectivity index (χ3v) is 2.12. The summed E-state index contributed by atoms with van der Waals surface area (Å²) in [5.74, 6) is 0.813. The van der Waals surface area contributed by atoms with Gasteiger partial charge in [0.25, 0.3) is 0 Å². The van der Waals surface area contributed by atoms with Crippen LogP contribution in [0.4, 0.5) is 17.3 Å². The Labute approximate surface area is 97.1 Å². The van der Waals surface area contributed by atoms with Crippen molar-refractivity contribution in [1.82, 2.24) is 9.97 Å². The summed E-state index contributed by atoms with van der Waals surface area (Å²) < 4.78 is 0. The molecule has 2 aromatic rings. The van der Waals surface area contributed by atoms with Crippen LogP contribution in [0.15, 0.2) is 36.7 Å². The van der Waals surface area contributed by atoms with Crippen molar-refractivity contribution in [2.75, 3.05) is 10.8 Å². The topological polar surface area (TPSA) is 72.9 Å². The number of rotatable bonds is 3. The first-order chi connectivity index (χ1) is 7.79. The highest BCUT2D eigenvalue weighted by Gasteiger charge is 2.00. The SMILES string of the molecule is [O-]Nc1ncccc1Nc1ccc(Cl)cn1. The van der Waals surface area contributed by atoms with E-state index < -0.39 is 0 Å². The number of nitrogens with one attached hydrogen (secondary N) is 2. The van der Waals surface area contributed by atoms with Crippen LogP contribution in [0.1, 0.15) is 0 Å². The summed E-state index contributed by atoms with van der Waals surface area (Å²) >= 11 is 5.71. The molecule has 0 spiro atoms. The molecular weight excluding hydrogens is 228 g/mol. The van der Waals surface area contributed by atoms with E-state index in [4.69, 9.17) is 11.6 Å². The molecule has 0 atom stereocenters. The van der Waals surface area contributed by atoms with E-state index in [0.717, 1.165) is 0 Å². The highest BCUT2D eigenvalue weighted by molar-refractivity contribution is 6.30. The molecule has 0 aliphatic carbocycles. The predicted octanol–water partition coefficient (Wildman–Crippen LogP) is 2.78. The first-order valence-corrected chi connectivity index (χ1v) is 4.89. The fraction of sp³-hybridized carbons (Fsp3) is 0. The summed E-state index contributed by atoms with van der Waals surface area (Å²) in [6.07, 6.45) is 3.05. The maximum atomic E-state index is 10.6. The van der Waals surface area contributed by atoms with Crippen molar-refractivity contribution in [1.29, 1.82) is 0 Å². The quantitative estimate of drug-likeness (QED) is 0.801. The van der Waals surface area contributed by atoms with Gasteiger partial charge in [-0.25, -0.2) is 9.97 Å². The minimum absolute atomic E-state index is 0.222. The predicted molar refractivity (Wildman–Crippen MR) is 63.8 cm³/mol. The van der Waals surface area contributed by atoms with Gasteiger partial charge >= 0.3 is 0 Å². The normalized spacial score (nSPS) is 9.88. The molecule has 0 aromatic carbocycles. The lowest BCUT2D eigenvalue weighted by molar-refractivity contribution is 1.27. The van der Waals surface area contributed by atoms with Crippen molar-refractivity contribution < 1.29 is 0 Å². The summed E-state index contributed by atoms with van der Waals surface area (Å²) in [5.41, 5.74) is 2.31. The largest absolute Gasteiger partial charge is 0.760 e. The number of pyridine rings is 2. The molecule has 0 radical (unpaired) electrons. The lowest BCUT2D eigenvalue weighted by Crippen LogP contribution is -1.98. The van der Waals surface area contributed by atoms with Gasteiger partial charge in [0, 0.05) is 12.4 Å². The van der Waals surface area contributed by atoms with E-state index in [1.54, 1.807) is 29.7 Å². The van der Waals surface area contributed by atoms with E-state index in [1.807, 2.05) is 0 Å². The van der Waals surface area contributed by atoms with E-state index in [0.29, 0.717) is 16.5 Å². The fourth-order valence-corrected chi connectivity index (χ4v) is 1.29. The number of nitrogens with zero attached hydrogens (tertiary/aromatic N) is 2. The van der Waals surface area contributed by atoms with Crippen LogP contribution < -0.4 is 10.8 Å². The molecule has 0 saturated carbocycles. The Morgan fingerprint density at radius 1 is 1.19 bits per heavy atom. The first-order valence-electron chi connectivity index (χ1n) is 4.51. The summed E-state index contributed by atoms with van der Waals surface area (Å²) in [7, 11) is 0. The van der Waals surface area contributed by atoms with Crippen LogP contribution in [-0.2, 0) is 0 Å². The Hall–Kier alpha value is -1.85. The van der Waals surface area contributed by atoms with Crippen LogP contribution in [0.5, 0.6) is 0 Å². The Bertz CT molecular complexity index is 475. The van der Waals surface area contributed by atoms with Gasteiger partial charge in [-0.05, 0) is 24.3 Å². The average Bonchev–Trinajstić information content (AvgIpc) is 2.33. The van der Waals surface area contributed by atoms with Gasteiger partial charge in [0.15, 0.2) is 0 Å². The Morgan fingerprint density at radius 2 is 2.06 bits per heavy atom. The van der Waals surface area contributed by atoms with Gasteiger partial charge in [0.1, 0.15) is 11.6 Å². The van der Waals surface area contributed by atoms with Crippen LogP contribution in [0.25, 0.3) is 0 Å². The van der Waals surface area contributed by atoms with Crippen molar-refractivity contribution in [2.24, 2.45) is 0 Å². The van der Waals surface area contributed by atoms with Crippen LogP contribution in [0.2, 0.25) is 5.02 Å². The average molecular weight is 236 g/mol. The monoisotopic (exact) mass is 235 g/mol. The standard InChI is InChI=1S/C10H8ClN4O/c11-7-3-4-9(13-6-7)14-8-2-1-5-12-10(8)15-16/h1-6H,(H2-,12,13,14,15,16)/q-1. The van der Waals surface area contributed by atoms with E-state index in [2.05, 4.69) is 15.3 Å². The minimum atomic E-state index is 0.222. The molecular formula is C10H8ClN4O-. The zero-order valence-electron chi connectivity index (χ0n) is 8.14. The van der Waals surface area contributed by atoms with Crippen molar-refractivity contribution in [3.8, 4) is 0 Å². The Kier molecular flexibility index (Phi) is 3.19. The molecule has 16 heavy (non-hydrogen) atoms. The Balaban J connectivity index is 2.23. The molecule has 6 heteroatoms. The third kappa shape index (κ3) is 2.39. The number of hydrogen-bond donors (Lipinski definition) is 2. The Morgan fingerprint density at radius 3 is 2.75 bits per heavy atom. The minimum Gasteiger partial charge on any atom is -0.760 e. The molecule has 2 rings (SSSR count). The van der Waals surface area contributed by atoms with Gasteiger partial charge < -0.3 is 16.0 Å². The van der Waals surface area contributed by atoms with E-state index in [1.165, 1.54) is 12.4 Å². The molecule has 2 aromatic heterocycles. The molecule has 0 unspecified atom stereocenters. The van der Waals surface area contributed by atoms with E-state index in [-0.39, 0.29) is 5.82 Å². The van der Waals surface area contributed by atoms with Crippen molar-refractivity contribution in [3.05, 3.63) is 46.9 Å². The number of halogens is 1. The summed E-state index contributed by atoms with van der Waals surface area (Å²) in [5, 5.41) is 14.1. The second-order valence-electron chi connectivity index (χ2n) is 2.99. The van der Waals surface area contributed by atoms with Crippen LogP contribution >= 0.6 is 11.6 Å². The van der Waals surface area contributed by atoms with Crippen molar-refractivity contribution in [2.45, 2.75) is 0 Å². The second kappa shape index (κ2) is 4.78. The summed E-state index contributed by atoms with van der Waals surface area (Å²) in [4.78, 5) is 7.92.